The summed E-state index contributed by atoms with van der Waals surface area (Å²) in [5.41, 5.74) is 0. The summed E-state index contributed by atoms with van der Waals surface area (Å²) in [6.07, 6.45) is -3.70. The van der Waals surface area contributed by atoms with E-state index < -0.39 is 43.3 Å². The number of hydrogen-bond donors (Lipinski definition) is 5. The number of carbonyl (C=O) groups excluding carboxylic acids is 2. The maximum atomic E-state index is 11.5. The zero-order valence-electron chi connectivity index (χ0n) is 9.55. The quantitative estimate of drug-likeness (QED) is 0.241. The summed E-state index contributed by atoms with van der Waals surface area (Å²) in [5.74, 6) is -1.10. The molecule has 0 spiro atoms. The molecule has 104 valence electrons. The highest BCUT2D eigenvalue weighted by atomic mass is 16.4. The topological polar surface area (TPSA) is 160 Å². The van der Waals surface area contributed by atoms with Gasteiger partial charge in [0.2, 0.25) is 0 Å². The normalized spacial score (nSPS) is 15.4. The Labute approximate surface area is 102 Å². The Balaban J connectivity index is 4.63. The molecule has 3 atom stereocenters. The van der Waals surface area contributed by atoms with Gasteiger partial charge in [-0.2, -0.15) is 5.01 Å². The molecule has 0 aliphatic carbocycles. The molecule has 0 rings (SSSR count). The van der Waals surface area contributed by atoms with Crippen molar-refractivity contribution in [3.63, 3.8) is 0 Å². The van der Waals surface area contributed by atoms with E-state index in [0.29, 0.717) is 5.01 Å². The first-order valence-electron chi connectivity index (χ1n) is 4.88. The lowest BCUT2D eigenvalue weighted by molar-refractivity contribution is -0.137. The van der Waals surface area contributed by atoms with E-state index in [4.69, 9.17) is 15.3 Å². The molecular weight excluding hydrogens is 250 g/mol. The number of carbonyl (C=O) groups is 2. The van der Waals surface area contributed by atoms with E-state index in [1.165, 1.54) is 0 Å². The van der Waals surface area contributed by atoms with Gasteiger partial charge in [0.05, 0.1) is 18.5 Å². The van der Waals surface area contributed by atoms with Crippen LogP contribution >= 0.6 is 0 Å². The molecule has 5 N–H and O–H groups in total. The fourth-order valence-corrected chi connectivity index (χ4v) is 0.982. The maximum Gasteiger partial charge on any atom is 0.340 e. The molecule has 0 unspecified atom stereocenters. The molecular formula is C8H15N3O7. The van der Waals surface area contributed by atoms with Crippen molar-refractivity contribution in [1.82, 2.24) is 10.3 Å². The smallest absolute Gasteiger partial charge is 0.340 e. The minimum atomic E-state index is -1.97. The largest absolute Gasteiger partial charge is 0.394 e. The Hall–Kier alpha value is -1.62. The number of ketones is 1. The molecule has 2 amide bonds. The van der Waals surface area contributed by atoms with Crippen molar-refractivity contribution in [2.45, 2.75) is 18.2 Å². The molecule has 0 radical (unpaired) electrons. The molecule has 18 heavy (non-hydrogen) atoms. The maximum absolute atomic E-state index is 11.5. The average molecular weight is 265 g/mol. The lowest BCUT2D eigenvalue weighted by Gasteiger charge is -2.21. The summed E-state index contributed by atoms with van der Waals surface area (Å²) in [7, 11) is 1.01. The molecule has 0 saturated heterocycles. The summed E-state index contributed by atoms with van der Waals surface area (Å²) in [6, 6.07) is -2.60. The van der Waals surface area contributed by atoms with Crippen molar-refractivity contribution in [3.8, 4) is 0 Å². The van der Waals surface area contributed by atoms with Crippen molar-refractivity contribution >= 4 is 11.8 Å². The second kappa shape index (κ2) is 7.66. The van der Waals surface area contributed by atoms with Crippen LogP contribution in [0, 0.1) is 4.91 Å². The van der Waals surface area contributed by atoms with Crippen LogP contribution in [0.3, 0.4) is 0 Å². The lowest BCUT2D eigenvalue weighted by atomic mass is 10.0. The van der Waals surface area contributed by atoms with Crippen molar-refractivity contribution in [3.05, 3.63) is 4.91 Å². The monoisotopic (exact) mass is 265 g/mol. The predicted molar refractivity (Wildman–Crippen MR) is 57.1 cm³/mol. The van der Waals surface area contributed by atoms with Gasteiger partial charge in [0.1, 0.15) is 18.2 Å². The van der Waals surface area contributed by atoms with Crippen LogP contribution in [0.15, 0.2) is 5.29 Å². The summed E-state index contributed by atoms with van der Waals surface area (Å²) in [6.45, 7) is -1.72. The average Bonchev–Trinajstić information content (AvgIpc) is 2.40. The molecule has 10 nitrogen and oxygen atoms in total. The first-order chi connectivity index (χ1) is 8.38. The number of urea groups is 1. The standard InChI is InChI=1S/C8H15N3O7/c1-11(10-18)8(17)9-4(2-12)6(15)7(16)5(14)3-13/h4-5,7,12-14,16H,2-3H2,1H3,(H,9,17)/t4-,5+,7+/m0/s1. The number of aliphatic hydroxyl groups is 4. The second-order valence-corrected chi connectivity index (χ2v) is 3.39. The molecule has 0 saturated carbocycles. The number of aliphatic hydroxyl groups excluding tert-OH is 4. The highest BCUT2D eigenvalue weighted by Crippen LogP contribution is 2.00. The van der Waals surface area contributed by atoms with Crippen molar-refractivity contribution in [1.29, 1.82) is 0 Å². The molecule has 0 fully saturated rings. The molecule has 0 aliphatic heterocycles. The Kier molecular flexibility index (Phi) is 6.97. The van der Waals surface area contributed by atoms with Gasteiger partial charge < -0.3 is 25.7 Å². The van der Waals surface area contributed by atoms with E-state index in [1.807, 2.05) is 5.32 Å². The number of hydrogen-bond acceptors (Lipinski definition) is 8. The van der Waals surface area contributed by atoms with Gasteiger partial charge in [0.25, 0.3) is 0 Å². The molecule has 0 aromatic heterocycles. The molecule has 0 aromatic carbocycles. The van der Waals surface area contributed by atoms with Crippen LogP contribution in [-0.4, -0.2) is 75.8 Å². The van der Waals surface area contributed by atoms with Crippen LogP contribution in [-0.2, 0) is 4.79 Å². The minimum Gasteiger partial charge on any atom is -0.394 e. The SMILES string of the molecule is CN(N=O)C(=O)N[C@@H](CO)C(=O)[C@H](O)[C@H](O)CO. The van der Waals surface area contributed by atoms with Crippen LogP contribution in [0.4, 0.5) is 4.79 Å². The number of nitrogens with zero attached hydrogens (tertiary/aromatic N) is 2. The molecule has 0 aliphatic rings. The number of amides is 2. The van der Waals surface area contributed by atoms with Gasteiger partial charge in [0.15, 0.2) is 5.78 Å². The van der Waals surface area contributed by atoms with E-state index in [1.54, 1.807) is 0 Å². The Morgan fingerprint density at radius 3 is 2.22 bits per heavy atom. The predicted octanol–water partition coefficient (Wildman–Crippen LogP) is -3.05. The number of Topliss-reactive ketones (excluding diaryl/α,β-unsaturated/α-hetero) is 1. The van der Waals surface area contributed by atoms with Gasteiger partial charge in [0, 0.05) is 7.05 Å². The highest BCUT2D eigenvalue weighted by Gasteiger charge is 2.31. The van der Waals surface area contributed by atoms with Crippen LogP contribution in [0.25, 0.3) is 0 Å². The highest BCUT2D eigenvalue weighted by molar-refractivity contribution is 5.92. The third-order valence-corrected chi connectivity index (χ3v) is 2.08. The van der Waals surface area contributed by atoms with E-state index in [0.717, 1.165) is 7.05 Å². The van der Waals surface area contributed by atoms with Crippen LogP contribution in [0.5, 0.6) is 0 Å². The summed E-state index contributed by atoms with van der Waals surface area (Å²) >= 11 is 0. The second-order valence-electron chi connectivity index (χ2n) is 3.39. The van der Waals surface area contributed by atoms with Gasteiger partial charge in [-0.3, -0.25) is 4.79 Å². The summed E-state index contributed by atoms with van der Waals surface area (Å²) in [5, 5.41) is 40.3. The first kappa shape index (κ1) is 16.4. The fourth-order valence-electron chi connectivity index (χ4n) is 0.982. The van der Waals surface area contributed by atoms with Gasteiger partial charge in [-0.05, 0) is 0 Å². The molecule has 10 heteroatoms. The number of rotatable bonds is 7. The Bertz CT molecular complexity index is 311. The van der Waals surface area contributed by atoms with E-state index >= 15 is 0 Å². The van der Waals surface area contributed by atoms with Crippen LogP contribution in [0.1, 0.15) is 0 Å². The molecule has 0 heterocycles. The van der Waals surface area contributed by atoms with Crippen molar-refractivity contribution < 1.29 is 30.0 Å². The lowest BCUT2D eigenvalue weighted by Crippen LogP contribution is -2.53. The van der Waals surface area contributed by atoms with E-state index in [9.17, 15) is 19.6 Å². The van der Waals surface area contributed by atoms with Gasteiger partial charge in [-0.25, -0.2) is 4.79 Å². The van der Waals surface area contributed by atoms with Crippen molar-refractivity contribution in [2.75, 3.05) is 20.3 Å². The van der Waals surface area contributed by atoms with Crippen molar-refractivity contribution in [2.24, 2.45) is 5.29 Å². The summed E-state index contributed by atoms with van der Waals surface area (Å²) in [4.78, 5) is 32.7. The molecule has 0 bridgehead atoms. The number of nitroso groups, excluding NO2 is 1. The third-order valence-electron chi connectivity index (χ3n) is 2.08. The zero-order valence-corrected chi connectivity index (χ0v) is 9.55. The first-order valence-corrected chi connectivity index (χ1v) is 4.88. The van der Waals surface area contributed by atoms with E-state index in [2.05, 4.69) is 5.29 Å². The zero-order chi connectivity index (χ0) is 14.3. The van der Waals surface area contributed by atoms with Crippen LogP contribution in [0.2, 0.25) is 0 Å². The third kappa shape index (κ3) is 4.33. The minimum absolute atomic E-state index is 0.338. The van der Waals surface area contributed by atoms with Gasteiger partial charge in [-0.15, -0.1) is 4.91 Å². The van der Waals surface area contributed by atoms with Gasteiger partial charge in [-0.1, -0.05) is 0 Å². The Morgan fingerprint density at radius 1 is 1.28 bits per heavy atom. The van der Waals surface area contributed by atoms with Crippen LogP contribution < -0.4 is 5.32 Å². The van der Waals surface area contributed by atoms with Gasteiger partial charge >= 0.3 is 6.03 Å². The summed E-state index contributed by atoms with van der Waals surface area (Å²) < 4.78 is 0. The molecule has 0 aromatic rings. The Morgan fingerprint density at radius 2 is 1.83 bits per heavy atom. The van der Waals surface area contributed by atoms with E-state index in [-0.39, 0.29) is 0 Å². The fraction of sp³-hybridized carbons (Fsp3) is 0.750. The number of nitrogens with one attached hydrogen (secondary N) is 1.